The molecule has 2 aromatic heterocycles. The maximum Gasteiger partial charge on any atom is 0.341 e. The molecule has 0 fully saturated rings. The van der Waals surface area contributed by atoms with Gasteiger partial charge in [0, 0.05) is 0 Å². The van der Waals surface area contributed by atoms with E-state index < -0.39 is 5.97 Å². The molecule has 0 atom stereocenters. The van der Waals surface area contributed by atoms with Gasteiger partial charge in [-0.05, 0) is 6.07 Å². The normalized spacial score (nSPS) is 9.88. The van der Waals surface area contributed by atoms with Gasteiger partial charge in [-0.3, -0.25) is 0 Å². The van der Waals surface area contributed by atoms with Crippen molar-refractivity contribution >= 4 is 5.97 Å². The summed E-state index contributed by atoms with van der Waals surface area (Å²) >= 11 is 0. The molecule has 0 aliphatic carbocycles. The molecule has 17 heavy (non-hydrogen) atoms. The number of aromatic nitrogens is 3. The molecule has 2 rings (SSSR count). The molecule has 7 heteroatoms. The lowest BCUT2D eigenvalue weighted by Gasteiger charge is -2.00. The number of nitriles is 1. The van der Waals surface area contributed by atoms with Crippen LogP contribution in [0.2, 0.25) is 0 Å². The second kappa shape index (κ2) is 4.49. The highest BCUT2D eigenvalue weighted by atomic mass is 16.5. The van der Waals surface area contributed by atoms with Crippen molar-refractivity contribution in [1.29, 1.82) is 5.26 Å². The smallest absolute Gasteiger partial charge is 0.341 e. The zero-order valence-corrected chi connectivity index (χ0v) is 8.95. The van der Waals surface area contributed by atoms with E-state index in [1.807, 2.05) is 6.07 Å². The molecule has 0 aliphatic rings. The molecule has 0 bridgehead atoms. The molecule has 0 N–H and O–H groups in total. The van der Waals surface area contributed by atoms with Gasteiger partial charge in [-0.15, -0.1) is 5.10 Å². The lowest BCUT2D eigenvalue weighted by molar-refractivity contribution is 0.0598. The molecule has 0 aliphatic heterocycles. The maximum atomic E-state index is 11.4. The number of carbonyl (C=O) groups is 1. The van der Waals surface area contributed by atoms with Crippen molar-refractivity contribution in [1.82, 2.24) is 14.8 Å². The Bertz CT molecular complexity index is 578. The van der Waals surface area contributed by atoms with Gasteiger partial charge < -0.3 is 9.15 Å². The first-order valence-electron chi connectivity index (χ1n) is 4.69. The van der Waals surface area contributed by atoms with Gasteiger partial charge in [0.15, 0.2) is 0 Å². The van der Waals surface area contributed by atoms with Gasteiger partial charge in [0.05, 0.1) is 13.4 Å². The van der Waals surface area contributed by atoms with Crippen LogP contribution >= 0.6 is 0 Å². The first-order valence-corrected chi connectivity index (χ1v) is 4.69. The molecule has 0 aromatic carbocycles. The molecule has 0 amide bonds. The van der Waals surface area contributed by atoms with Crippen LogP contribution < -0.4 is 0 Å². The van der Waals surface area contributed by atoms with Crippen LogP contribution in [0.3, 0.4) is 0 Å². The summed E-state index contributed by atoms with van der Waals surface area (Å²) in [5.74, 6) is -0.00298. The van der Waals surface area contributed by atoms with E-state index in [1.54, 1.807) is 0 Å². The van der Waals surface area contributed by atoms with Crippen LogP contribution in [0.4, 0.5) is 0 Å². The third-order valence-corrected chi connectivity index (χ3v) is 2.09. The maximum absolute atomic E-state index is 11.4. The van der Waals surface area contributed by atoms with E-state index in [9.17, 15) is 4.79 Å². The Labute approximate surface area is 96.2 Å². The Balaban J connectivity index is 2.22. The van der Waals surface area contributed by atoms with Crippen molar-refractivity contribution in [3.05, 3.63) is 35.8 Å². The van der Waals surface area contributed by atoms with Gasteiger partial charge in [-0.25, -0.2) is 14.5 Å². The lowest BCUT2D eigenvalue weighted by Crippen LogP contribution is -2.07. The van der Waals surface area contributed by atoms with Gasteiger partial charge in [-0.1, -0.05) is 0 Å². The summed E-state index contributed by atoms with van der Waals surface area (Å²) in [5.41, 5.74) is 0.335. The predicted octanol–water partition coefficient (Wildman–Crippen LogP) is 0.578. The largest absolute Gasteiger partial charge is 0.466 e. The number of ether oxygens (including phenoxy) is 1. The Morgan fingerprint density at radius 2 is 2.53 bits per heavy atom. The van der Waals surface area contributed by atoms with Gasteiger partial charge in [0.2, 0.25) is 0 Å². The minimum Gasteiger partial charge on any atom is -0.466 e. The third kappa shape index (κ3) is 2.15. The van der Waals surface area contributed by atoms with Crippen LogP contribution in [-0.4, -0.2) is 27.8 Å². The number of rotatable bonds is 3. The number of furan rings is 1. The standard InChI is InChI=1S/C10H8N4O3/c1-16-10(15)7-2-3-17-8(7)5-14-6-12-9(4-11)13-14/h2-3,6H,5H2,1H3. The molecule has 2 aromatic rings. The van der Waals surface area contributed by atoms with Crippen LogP contribution in [-0.2, 0) is 11.3 Å². The van der Waals surface area contributed by atoms with E-state index in [0.717, 1.165) is 0 Å². The van der Waals surface area contributed by atoms with Crippen LogP contribution in [0.15, 0.2) is 23.1 Å². The highest BCUT2D eigenvalue weighted by molar-refractivity contribution is 5.90. The Morgan fingerprint density at radius 3 is 3.18 bits per heavy atom. The van der Waals surface area contributed by atoms with Gasteiger partial charge in [0.25, 0.3) is 5.82 Å². The molecule has 0 saturated carbocycles. The molecule has 0 radical (unpaired) electrons. The molecule has 7 nitrogen and oxygen atoms in total. The Kier molecular flexibility index (Phi) is 2.87. The summed E-state index contributed by atoms with van der Waals surface area (Å²) in [7, 11) is 1.29. The van der Waals surface area contributed by atoms with Gasteiger partial charge in [-0.2, -0.15) is 5.26 Å². The number of nitrogens with zero attached hydrogens (tertiary/aromatic N) is 4. The van der Waals surface area contributed by atoms with E-state index in [0.29, 0.717) is 11.3 Å². The van der Waals surface area contributed by atoms with Crippen LogP contribution in [0.5, 0.6) is 0 Å². The van der Waals surface area contributed by atoms with Crippen molar-refractivity contribution in [2.75, 3.05) is 7.11 Å². The van der Waals surface area contributed by atoms with E-state index in [2.05, 4.69) is 14.8 Å². The minimum atomic E-state index is -0.477. The molecular weight excluding hydrogens is 224 g/mol. The van der Waals surface area contributed by atoms with Crippen molar-refractivity contribution in [2.45, 2.75) is 6.54 Å². The molecule has 0 unspecified atom stereocenters. The fourth-order valence-electron chi connectivity index (χ4n) is 1.32. The summed E-state index contributed by atoms with van der Waals surface area (Å²) in [5, 5.41) is 12.4. The zero-order valence-electron chi connectivity index (χ0n) is 8.95. The number of hydrogen-bond acceptors (Lipinski definition) is 6. The third-order valence-electron chi connectivity index (χ3n) is 2.09. The first-order chi connectivity index (χ1) is 8.24. The van der Waals surface area contributed by atoms with Gasteiger partial charge in [0.1, 0.15) is 30.3 Å². The predicted molar refractivity (Wildman–Crippen MR) is 53.9 cm³/mol. The molecule has 2 heterocycles. The summed E-state index contributed by atoms with van der Waals surface area (Å²) in [6.45, 7) is 0.214. The zero-order chi connectivity index (χ0) is 12.3. The number of esters is 1. The second-order valence-electron chi connectivity index (χ2n) is 3.13. The molecule has 86 valence electrons. The van der Waals surface area contributed by atoms with E-state index in [1.165, 1.54) is 30.4 Å². The van der Waals surface area contributed by atoms with Crippen molar-refractivity contribution < 1.29 is 13.9 Å². The SMILES string of the molecule is COC(=O)c1ccoc1Cn1cnc(C#N)n1. The average molecular weight is 232 g/mol. The highest BCUT2D eigenvalue weighted by Crippen LogP contribution is 2.12. The monoisotopic (exact) mass is 232 g/mol. The molecule has 0 saturated heterocycles. The fourth-order valence-corrected chi connectivity index (χ4v) is 1.32. The molecule has 0 spiro atoms. The quantitative estimate of drug-likeness (QED) is 0.718. The number of methoxy groups -OCH3 is 1. The number of carbonyl (C=O) groups excluding carboxylic acids is 1. The first kappa shape index (κ1) is 10.9. The number of hydrogen-bond donors (Lipinski definition) is 0. The van der Waals surface area contributed by atoms with Gasteiger partial charge >= 0.3 is 5.97 Å². The van der Waals surface area contributed by atoms with E-state index in [-0.39, 0.29) is 12.4 Å². The average Bonchev–Trinajstić information content (AvgIpc) is 2.97. The topological polar surface area (TPSA) is 93.9 Å². The summed E-state index contributed by atoms with van der Waals surface area (Å²) in [4.78, 5) is 15.1. The Morgan fingerprint density at radius 1 is 1.71 bits per heavy atom. The van der Waals surface area contributed by atoms with Crippen LogP contribution in [0.1, 0.15) is 21.9 Å². The minimum absolute atomic E-state index is 0.0659. The van der Waals surface area contributed by atoms with Crippen molar-refractivity contribution in [3.8, 4) is 6.07 Å². The van der Waals surface area contributed by atoms with Crippen molar-refractivity contribution in [2.24, 2.45) is 0 Å². The summed E-state index contributed by atoms with van der Waals surface area (Å²) in [6.07, 6.45) is 2.78. The van der Waals surface area contributed by atoms with Crippen molar-refractivity contribution in [3.63, 3.8) is 0 Å². The second-order valence-corrected chi connectivity index (χ2v) is 3.13. The lowest BCUT2D eigenvalue weighted by atomic mass is 10.2. The molecular formula is C10H8N4O3. The van der Waals surface area contributed by atoms with Crippen LogP contribution in [0.25, 0.3) is 0 Å². The highest BCUT2D eigenvalue weighted by Gasteiger charge is 2.15. The van der Waals surface area contributed by atoms with E-state index in [4.69, 9.17) is 9.68 Å². The van der Waals surface area contributed by atoms with Crippen LogP contribution in [0, 0.1) is 11.3 Å². The summed E-state index contributed by atoms with van der Waals surface area (Å²) in [6, 6.07) is 3.33. The van der Waals surface area contributed by atoms with E-state index >= 15 is 0 Å². The summed E-state index contributed by atoms with van der Waals surface area (Å²) < 4.78 is 11.2. The fraction of sp³-hybridized carbons (Fsp3) is 0.200. The Hall–Kier alpha value is -2.62.